The molecule has 1 aliphatic rings. The van der Waals surface area contributed by atoms with Crippen molar-refractivity contribution in [3.63, 3.8) is 0 Å². The van der Waals surface area contributed by atoms with Crippen LogP contribution >= 0.6 is 23.1 Å². The number of H-pyrrole nitrogens is 1. The van der Waals surface area contributed by atoms with Crippen LogP contribution < -0.4 is 10.9 Å². The van der Waals surface area contributed by atoms with E-state index in [4.69, 9.17) is 5.11 Å². The van der Waals surface area contributed by atoms with Crippen LogP contribution in [-0.4, -0.2) is 33.3 Å². The van der Waals surface area contributed by atoms with Crippen LogP contribution in [-0.2, 0) is 24.1 Å². The van der Waals surface area contributed by atoms with Gasteiger partial charge in [0, 0.05) is 29.2 Å². The standard InChI is InChI=1S/C17H18N4O3S2/c1-9-10(5-6-22)15(24)21-17(19-9)25-8-14(23)20-16-12(7-18)11-3-2-4-13(11)26-16/h22H,2-6,8H2,1H3,(H,20,23)(H,19,21,24). The third-order valence-corrected chi connectivity index (χ3v) is 6.27. The van der Waals surface area contributed by atoms with E-state index in [2.05, 4.69) is 21.4 Å². The number of aromatic amines is 1. The molecule has 136 valence electrons. The Balaban J connectivity index is 1.65. The van der Waals surface area contributed by atoms with Gasteiger partial charge in [-0.25, -0.2) is 4.98 Å². The fourth-order valence-corrected chi connectivity index (χ4v) is 4.93. The molecule has 1 amide bonds. The lowest BCUT2D eigenvalue weighted by molar-refractivity contribution is -0.113. The van der Waals surface area contributed by atoms with Gasteiger partial charge in [-0.3, -0.25) is 9.59 Å². The summed E-state index contributed by atoms with van der Waals surface area (Å²) < 4.78 is 0. The number of aliphatic hydroxyl groups is 1. The zero-order valence-electron chi connectivity index (χ0n) is 14.2. The molecule has 2 aromatic rings. The number of fused-ring (bicyclic) bond motifs is 1. The Labute approximate surface area is 158 Å². The van der Waals surface area contributed by atoms with Gasteiger partial charge in [-0.1, -0.05) is 11.8 Å². The quantitative estimate of drug-likeness (QED) is 0.511. The second kappa shape index (κ2) is 8.03. The Hall–Kier alpha value is -2.15. The number of nitrogens with one attached hydrogen (secondary N) is 2. The maximum Gasteiger partial charge on any atom is 0.255 e. The number of nitrogens with zero attached hydrogens (tertiary/aromatic N) is 2. The SMILES string of the molecule is Cc1nc(SCC(=O)Nc2sc3c(c2C#N)CCC3)[nH]c(=O)c1CCO. The fourth-order valence-electron chi connectivity index (χ4n) is 2.97. The van der Waals surface area contributed by atoms with Crippen molar-refractivity contribution in [2.45, 2.75) is 37.8 Å². The number of aryl methyl sites for hydroxylation is 2. The van der Waals surface area contributed by atoms with Crippen LogP contribution in [0.15, 0.2) is 9.95 Å². The Kier molecular flexibility index (Phi) is 5.76. The van der Waals surface area contributed by atoms with Crippen LogP contribution in [0.25, 0.3) is 0 Å². The Morgan fingerprint density at radius 3 is 3.00 bits per heavy atom. The Morgan fingerprint density at radius 1 is 1.50 bits per heavy atom. The molecule has 0 bridgehead atoms. The minimum absolute atomic E-state index is 0.0785. The third-order valence-electron chi connectivity index (χ3n) is 4.19. The Bertz CT molecular complexity index is 943. The second-order valence-electron chi connectivity index (χ2n) is 5.92. The molecular formula is C17H18N4O3S2. The first kappa shape index (κ1) is 18.6. The number of thioether (sulfide) groups is 1. The molecule has 0 saturated carbocycles. The van der Waals surface area contributed by atoms with Crippen LogP contribution in [0.5, 0.6) is 0 Å². The molecule has 7 nitrogen and oxygen atoms in total. The maximum atomic E-state index is 12.2. The molecule has 0 atom stereocenters. The van der Waals surface area contributed by atoms with Crippen LogP contribution in [0.1, 0.15) is 33.7 Å². The van der Waals surface area contributed by atoms with E-state index in [1.54, 1.807) is 6.92 Å². The average molecular weight is 390 g/mol. The molecule has 0 saturated heterocycles. The molecule has 0 aromatic carbocycles. The van der Waals surface area contributed by atoms with E-state index >= 15 is 0 Å². The minimum Gasteiger partial charge on any atom is -0.396 e. The lowest BCUT2D eigenvalue weighted by Gasteiger charge is -2.06. The van der Waals surface area contributed by atoms with Gasteiger partial charge in [0.25, 0.3) is 5.56 Å². The average Bonchev–Trinajstić information content (AvgIpc) is 3.16. The van der Waals surface area contributed by atoms with Crippen molar-refractivity contribution in [1.82, 2.24) is 9.97 Å². The van der Waals surface area contributed by atoms with Crippen LogP contribution in [0.2, 0.25) is 0 Å². The number of nitriles is 1. The number of hydrogen-bond donors (Lipinski definition) is 3. The van der Waals surface area contributed by atoms with E-state index in [0.717, 1.165) is 36.6 Å². The van der Waals surface area contributed by atoms with Crippen molar-refractivity contribution in [1.29, 1.82) is 5.26 Å². The zero-order chi connectivity index (χ0) is 18.7. The van der Waals surface area contributed by atoms with Crippen molar-refractivity contribution < 1.29 is 9.90 Å². The molecule has 1 aliphatic carbocycles. The van der Waals surface area contributed by atoms with Crippen molar-refractivity contribution in [2.75, 3.05) is 17.7 Å². The minimum atomic E-state index is -0.295. The van der Waals surface area contributed by atoms with Crippen molar-refractivity contribution in [3.05, 3.63) is 37.6 Å². The third kappa shape index (κ3) is 3.82. The molecule has 3 rings (SSSR count). The second-order valence-corrected chi connectivity index (χ2v) is 7.99. The van der Waals surface area contributed by atoms with Gasteiger partial charge < -0.3 is 15.4 Å². The first-order valence-electron chi connectivity index (χ1n) is 8.21. The van der Waals surface area contributed by atoms with E-state index in [9.17, 15) is 14.9 Å². The molecule has 2 aromatic heterocycles. The van der Waals surface area contributed by atoms with Gasteiger partial charge in [-0.2, -0.15) is 5.26 Å². The summed E-state index contributed by atoms with van der Waals surface area (Å²) in [6.07, 6.45) is 3.16. The summed E-state index contributed by atoms with van der Waals surface area (Å²) >= 11 is 2.60. The molecule has 26 heavy (non-hydrogen) atoms. The highest BCUT2D eigenvalue weighted by Gasteiger charge is 2.23. The predicted molar refractivity (Wildman–Crippen MR) is 101 cm³/mol. The Morgan fingerprint density at radius 2 is 2.31 bits per heavy atom. The summed E-state index contributed by atoms with van der Waals surface area (Å²) in [4.78, 5) is 32.3. The molecule has 9 heteroatoms. The molecule has 0 fully saturated rings. The number of carbonyl (C=O) groups is 1. The number of aromatic nitrogens is 2. The molecule has 3 N–H and O–H groups in total. The van der Waals surface area contributed by atoms with Crippen molar-refractivity contribution in [2.24, 2.45) is 0 Å². The molecule has 0 unspecified atom stereocenters. The molecule has 0 spiro atoms. The number of amides is 1. The number of anilines is 1. The molecular weight excluding hydrogens is 372 g/mol. The van der Waals surface area contributed by atoms with Crippen LogP contribution in [0, 0.1) is 18.3 Å². The highest BCUT2D eigenvalue weighted by Crippen LogP contribution is 2.38. The highest BCUT2D eigenvalue weighted by atomic mass is 32.2. The summed E-state index contributed by atoms with van der Waals surface area (Å²) in [5.41, 5.74) is 2.36. The van der Waals surface area contributed by atoms with Gasteiger partial charge in [0.1, 0.15) is 11.1 Å². The molecule has 2 heterocycles. The maximum absolute atomic E-state index is 12.2. The smallest absolute Gasteiger partial charge is 0.255 e. The number of aliphatic hydroxyl groups excluding tert-OH is 1. The first-order chi connectivity index (χ1) is 12.5. The summed E-state index contributed by atoms with van der Waals surface area (Å²) in [7, 11) is 0. The summed E-state index contributed by atoms with van der Waals surface area (Å²) in [6.45, 7) is 1.59. The van der Waals surface area contributed by atoms with E-state index in [1.165, 1.54) is 16.2 Å². The van der Waals surface area contributed by atoms with Crippen LogP contribution in [0.3, 0.4) is 0 Å². The number of rotatable bonds is 6. The van der Waals surface area contributed by atoms with Gasteiger partial charge in [0.15, 0.2) is 5.16 Å². The lowest BCUT2D eigenvalue weighted by atomic mass is 10.1. The monoisotopic (exact) mass is 390 g/mol. The first-order valence-corrected chi connectivity index (χ1v) is 10.0. The van der Waals surface area contributed by atoms with Gasteiger partial charge in [-0.05, 0) is 31.7 Å². The van der Waals surface area contributed by atoms with E-state index in [0.29, 0.717) is 27.0 Å². The van der Waals surface area contributed by atoms with Gasteiger partial charge >= 0.3 is 0 Å². The number of carbonyl (C=O) groups excluding carboxylic acids is 1. The lowest BCUT2D eigenvalue weighted by Crippen LogP contribution is -2.19. The predicted octanol–water partition coefficient (Wildman–Crippen LogP) is 1.77. The van der Waals surface area contributed by atoms with E-state index < -0.39 is 0 Å². The molecule has 0 aliphatic heterocycles. The van der Waals surface area contributed by atoms with Crippen LogP contribution in [0.4, 0.5) is 5.00 Å². The van der Waals surface area contributed by atoms with E-state index in [-0.39, 0.29) is 30.2 Å². The normalized spacial score (nSPS) is 12.7. The van der Waals surface area contributed by atoms with E-state index in [1.807, 2.05) is 0 Å². The fraction of sp³-hybridized carbons (Fsp3) is 0.412. The van der Waals surface area contributed by atoms with Gasteiger partial charge in [0.05, 0.1) is 11.3 Å². The summed E-state index contributed by atoms with van der Waals surface area (Å²) in [5, 5.41) is 22.1. The molecule has 0 radical (unpaired) electrons. The zero-order valence-corrected chi connectivity index (χ0v) is 15.9. The number of thiophene rings is 1. The van der Waals surface area contributed by atoms with Crippen molar-refractivity contribution >= 4 is 34.0 Å². The van der Waals surface area contributed by atoms with Gasteiger partial charge in [0.2, 0.25) is 5.91 Å². The van der Waals surface area contributed by atoms with Crippen molar-refractivity contribution in [3.8, 4) is 6.07 Å². The number of hydrogen-bond acceptors (Lipinski definition) is 7. The highest BCUT2D eigenvalue weighted by molar-refractivity contribution is 7.99. The largest absolute Gasteiger partial charge is 0.396 e. The summed E-state index contributed by atoms with van der Waals surface area (Å²) in [5.74, 6) is -0.166. The summed E-state index contributed by atoms with van der Waals surface area (Å²) in [6, 6.07) is 2.20. The topological polar surface area (TPSA) is 119 Å². The van der Waals surface area contributed by atoms with Gasteiger partial charge in [-0.15, -0.1) is 11.3 Å².